The molecule has 0 radical (unpaired) electrons. The molecule has 2 heterocycles. The fourth-order valence-electron chi connectivity index (χ4n) is 1.95. The number of nitrogens with zero attached hydrogens (tertiary/aromatic N) is 3. The maximum Gasteiger partial charge on any atom is 0.151 e. The molecule has 2 aromatic rings. The number of rotatable bonds is 5. The van der Waals surface area contributed by atoms with Crippen molar-refractivity contribution in [1.82, 2.24) is 15.2 Å². The van der Waals surface area contributed by atoms with Crippen molar-refractivity contribution in [3.8, 4) is 11.3 Å². The Morgan fingerprint density at radius 3 is 2.58 bits per heavy atom. The summed E-state index contributed by atoms with van der Waals surface area (Å²) in [7, 11) is 2.01. The molecular weight excluding hydrogens is 238 g/mol. The van der Waals surface area contributed by atoms with Crippen molar-refractivity contribution in [3.63, 3.8) is 0 Å². The van der Waals surface area contributed by atoms with Gasteiger partial charge in [-0.15, -0.1) is 10.2 Å². The molecule has 3 N–H and O–H groups in total. The highest BCUT2D eigenvalue weighted by molar-refractivity contribution is 5.58. The van der Waals surface area contributed by atoms with Crippen molar-refractivity contribution >= 4 is 5.82 Å². The number of anilines is 1. The smallest absolute Gasteiger partial charge is 0.151 e. The van der Waals surface area contributed by atoms with Crippen LogP contribution in [0, 0.1) is 5.41 Å². The summed E-state index contributed by atoms with van der Waals surface area (Å²) in [5.41, 5.74) is 7.74. The van der Waals surface area contributed by atoms with Crippen LogP contribution in [-0.4, -0.2) is 35.3 Å². The molecule has 0 aliphatic carbocycles. The van der Waals surface area contributed by atoms with Gasteiger partial charge >= 0.3 is 0 Å². The highest BCUT2D eigenvalue weighted by Gasteiger charge is 2.19. The average molecular weight is 259 g/mol. The van der Waals surface area contributed by atoms with E-state index in [1.165, 1.54) is 0 Å². The highest BCUT2D eigenvalue weighted by atomic mass is 15.2. The van der Waals surface area contributed by atoms with E-state index in [0.29, 0.717) is 6.54 Å². The van der Waals surface area contributed by atoms with E-state index in [-0.39, 0.29) is 5.41 Å². The maximum absolute atomic E-state index is 5.75. The molecule has 0 atom stereocenters. The van der Waals surface area contributed by atoms with E-state index in [9.17, 15) is 0 Å². The predicted molar refractivity (Wildman–Crippen MR) is 77.9 cm³/mol. The molecule has 0 fully saturated rings. The summed E-state index contributed by atoms with van der Waals surface area (Å²) in [5, 5.41) is 8.53. The molecule has 5 heteroatoms. The molecule has 0 aliphatic heterocycles. The van der Waals surface area contributed by atoms with Crippen LogP contribution in [0.1, 0.15) is 13.8 Å². The lowest BCUT2D eigenvalue weighted by Gasteiger charge is -2.29. The van der Waals surface area contributed by atoms with Crippen LogP contribution in [0.2, 0.25) is 0 Å². The van der Waals surface area contributed by atoms with Crippen LogP contribution in [0.5, 0.6) is 0 Å². The van der Waals surface area contributed by atoms with E-state index in [1.807, 2.05) is 37.6 Å². The van der Waals surface area contributed by atoms with Crippen LogP contribution in [0.4, 0.5) is 5.82 Å². The second-order valence-corrected chi connectivity index (χ2v) is 5.60. The minimum atomic E-state index is 0.0652. The highest BCUT2D eigenvalue weighted by Crippen LogP contribution is 2.20. The fraction of sp³-hybridized carbons (Fsp3) is 0.429. The number of nitrogens with two attached hydrogens (primary N) is 1. The maximum atomic E-state index is 5.75. The van der Waals surface area contributed by atoms with Gasteiger partial charge in [0.1, 0.15) is 0 Å². The van der Waals surface area contributed by atoms with Crippen molar-refractivity contribution < 1.29 is 0 Å². The molecule has 0 aliphatic rings. The van der Waals surface area contributed by atoms with Gasteiger partial charge in [-0.2, -0.15) is 0 Å². The molecule has 0 unspecified atom stereocenters. The zero-order chi connectivity index (χ0) is 13.9. The lowest BCUT2D eigenvalue weighted by atomic mass is 9.93. The van der Waals surface area contributed by atoms with E-state index >= 15 is 0 Å². The minimum Gasteiger partial charge on any atom is -0.367 e. The average Bonchev–Trinajstić information content (AvgIpc) is 2.92. The number of hydrogen-bond acceptors (Lipinski definition) is 4. The topological polar surface area (TPSA) is 70.8 Å². The van der Waals surface area contributed by atoms with Gasteiger partial charge in [0.2, 0.25) is 0 Å². The molecule has 5 nitrogen and oxygen atoms in total. The van der Waals surface area contributed by atoms with Crippen molar-refractivity contribution in [2.45, 2.75) is 13.8 Å². The molecule has 0 spiro atoms. The van der Waals surface area contributed by atoms with Gasteiger partial charge in [0.15, 0.2) is 5.82 Å². The molecule has 0 saturated heterocycles. The SMILES string of the molecule is CN(CC(C)(C)CN)c1ccc(-c2cc[nH]c2)nn1. The van der Waals surface area contributed by atoms with Gasteiger partial charge in [-0.25, -0.2) is 0 Å². The molecule has 0 saturated carbocycles. The van der Waals surface area contributed by atoms with E-state index < -0.39 is 0 Å². The second kappa shape index (κ2) is 5.40. The Morgan fingerprint density at radius 2 is 2.05 bits per heavy atom. The minimum absolute atomic E-state index is 0.0652. The fourth-order valence-corrected chi connectivity index (χ4v) is 1.95. The summed E-state index contributed by atoms with van der Waals surface area (Å²) in [4.78, 5) is 5.10. The van der Waals surface area contributed by atoms with Gasteiger partial charge in [0.05, 0.1) is 5.69 Å². The van der Waals surface area contributed by atoms with E-state index in [4.69, 9.17) is 5.73 Å². The van der Waals surface area contributed by atoms with E-state index in [1.54, 1.807) is 0 Å². The van der Waals surface area contributed by atoms with Crippen molar-refractivity contribution in [1.29, 1.82) is 0 Å². The van der Waals surface area contributed by atoms with E-state index in [0.717, 1.165) is 23.6 Å². The van der Waals surface area contributed by atoms with Crippen LogP contribution in [0.25, 0.3) is 11.3 Å². The number of aromatic nitrogens is 3. The van der Waals surface area contributed by atoms with Gasteiger partial charge in [0.25, 0.3) is 0 Å². The summed E-state index contributed by atoms with van der Waals surface area (Å²) < 4.78 is 0. The van der Waals surface area contributed by atoms with Crippen LogP contribution in [0.3, 0.4) is 0 Å². The van der Waals surface area contributed by atoms with Crippen LogP contribution < -0.4 is 10.6 Å². The zero-order valence-electron chi connectivity index (χ0n) is 11.7. The Hall–Kier alpha value is -1.88. The number of hydrogen-bond donors (Lipinski definition) is 2. The predicted octanol–water partition coefficient (Wildman–Crippen LogP) is 1.89. The molecule has 0 aromatic carbocycles. The van der Waals surface area contributed by atoms with Crippen LogP contribution >= 0.6 is 0 Å². The molecule has 0 bridgehead atoms. The number of nitrogens with one attached hydrogen (secondary N) is 1. The number of aromatic amines is 1. The first-order valence-corrected chi connectivity index (χ1v) is 6.40. The molecule has 2 aromatic heterocycles. The van der Waals surface area contributed by atoms with Gasteiger partial charge in [-0.3, -0.25) is 0 Å². The van der Waals surface area contributed by atoms with Gasteiger partial charge in [-0.05, 0) is 30.2 Å². The lowest BCUT2D eigenvalue weighted by molar-refractivity contribution is 0.384. The second-order valence-electron chi connectivity index (χ2n) is 5.60. The monoisotopic (exact) mass is 259 g/mol. The standard InChI is InChI=1S/C14H21N5/c1-14(2,9-15)10-19(3)13-5-4-12(17-18-13)11-6-7-16-8-11/h4-8,16H,9-10,15H2,1-3H3. The Balaban J connectivity index is 2.10. The van der Waals surface area contributed by atoms with Crippen molar-refractivity contribution in [2.24, 2.45) is 11.1 Å². The Kier molecular flexibility index (Phi) is 3.85. The van der Waals surface area contributed by atoms with Crippen LogP contribution in [0.15, 0.2) is 30.6 Å². The molecule has 0 amide bonds. The summed E-state index contributed by atoms with van der Waals surface area (Å²) in [6.07, 6.45) is 3.78. The first kappa shape index (κ1) is 13.5. The van der Waals surface area contributed by atoms with Crippen molar-refractivity contribution in [2.75, 3.05) is 25.0 Å². The van der Waals surface area contributed by atoms with E-state index in [2.05, 4.69) is 33.9 Å². The molecule has 2 rings (SSSR count). The Labute approximate surface area is 113 Å². The van der Waals surface area contributed by atoms with Crippen molar-refractivity contribution in [3.05, 3.63) is 30.6 Å². The normalized spacial score (nSPS) is 11.6. The first-order valence-electron chi connectivity index (χ1n) is 6.40. The summed E-state index contributed by atoms with van der Waals surface area (Å²) in [5.74, 6) is 0.862. The summed E-state index contributed by atoms with van der Waals surface area (Å²) in [6.45, 7) is 5.78. The van der Waals surface area contributed by atoms with Gasteiger partial charge < -0.3 is 15.6 Å². The van der Waals surface area contributed by atoms with Crippen LogP contribution in [-0.2, 0) is 0 Å². The largest absolute Gasteiger partial charge is 0.367 e. The Morgan fingerprint density at radius 1 is 1.26 bits per heavy atom. The molecule has 19 heavy (non-hydrogen) atoms. The number of H-pyrrole nitrogens is 1. The zero-order valence-corrected chi connectivity index (χ0v) is 11.7. The first-order chi connectivity index (χ1) is 9.02. The molecule has 102 valence electrons. The van der Waals surface area contributed by atoms with Gasteiger partial charge in [-0.1, -0.05) is 13.8 Å². The lowest BCUT2D eigenvalue weighted by Crippen LogP contribution is -2.37. The molecular formula is C14H21N5. The quantitative estimate of drug-likeness (QED) is 0.860. The Bertz CT molecular complexity index is 501. The third-order valence-corrected chi connectivity index (χ3v) is 3.15. The third kappa shape index (κ3) is 3.32. The summed E-state index contributed by atoms with van der Waals surface area (Å²) in [6, 6.07) is 5.95. The van der Waals surface area contributed by atoms with Gasteiger partial charge in [0, 0.05) is 31.5 Å². The summed E-state index contributed by atoms with van der Waals surface area (Å²) >= 11 is 0. The third-order valence-electron chi connectivity index (χ3n) is 3.15.